The Labute approximate surface area is 230 Å². The van der Waals surface area contributed by atoms with Crippen molar-refractivity contribution in [1.29, 1.82) is 0 Å². The summed E-state index contributed by atoms with van der Waals surface area (Å²) in [5.74, 6) is 0.604. The van der Waals surface area contributed by atoms with Crippen molar-refractivity contribution in [3.63, 3.8) is 0 Å². The van der Waals surface area contributed by atoms with E-state index in [0.29, 0.717) is 17.1 Å². The molecular weight excluding hydrogens is 510 g/mol. The Bertz CT molecular complexity index is 1520. The smallest absolute Gasteiger partial charge is 0.264 e. The van der Waals surface area contributed by atoms with Gasteiger partial charge in [0.25, 0.3) is 15.9 Å². The van der Waals surface area contributed by atoms with Gasteiger partial charge >= 0.3 is 0 Å². The average molecular weight is 544 g/mol. The first kappa shape index (κ1) is 27.9. The zero-order chi connectivity index (χ0) is 27.8. The van der Waals surface area contributed by atoms with E-state index in [2.05, 4.69) is 35.9 Å². The molecule has 0 saturated heterocycles. The summed E-state index contributed by atoms with van der Waals surface area (Å²) in [4.78, 5) is 12.8. The van der Waals surface area contributed by atoms with Gasteiger partial charge in [0.1, 0.15) is 0 Å². The van der Waals surface area contributed by atoms with Gasteiger partial charge in [-0.2, -0.15) is 0 Å². The number of methoxy groups -OCH3 is 1. The molecule has 0 heterocycles. The van der Waals surface area contributed by atoms with Gasteiger partial charge in [-0.1, -0.05) is 66.7 Å². The fourth-order valence-corrected chi connectivity index (χ4v) is 5.59. The molecule has 0 bridgehead atoms. The highest BCUT2D eigenvalue weighted by atomic mass is 32.2. The molecule has 1 unspecified atom stereocenters. The topological polar surface area (TPSA) is 81.7 Å². The summed E-state index contributed by atoms with van der Waals surface area (Å²) in [5.41, 5.74) is 3.87. The van der Waals surface area contributed by atoms with E-state index in [9.17, 15) is 13.2 Å². The quantitative estimate of drug-likeness (QED) is 0.231. The van der Waals surface area contributed by atoms with Crippen molar-refractivity contribution in [2.45, 2.75) is 44.1 Å². The number of ether oxygens (including phenoxy) is 2. The first-order valence-corrected chi connectivity index (χ1v) is 14.4. The van der Waals surface area contributed by atoms with Gasteiger partial charge in [-0.3, -0.25) is 4.79 Å². The lowest BCUT2D eigenvalue weighted by Gasteiger charge is -2.18. The van der Waals surface area contributed by atoms with Gasteiger partial charge in [-0.15, -0.1) is 0 Å². The molecular formula is C32H33NO5S. The average Bonchev–Trinajstić information content (AvgIpc) is 2.93. The van der Waals surface area contributed by atoms with Crippen LogP contribution in [0.1, 0.15) is 41.3 Å². The number of hydrogen-bond donors (Lipinski definition) is 1. The second-order valence-electron chi connectivity index (χ2n) is 9.45. The van der Waals surface area contributed by atoms with Crippen molar-refractivity contribution in [2.75, 3.05) is 7.11 Å². The van der Waals surface area contributed by atoms with E-state index < -0.39 is 15.9 Å². The van der Waals surface area contributed by atoms with Crippen LogP contribution in [0.15, 0.2) is 102 Å². The molecule has 0 spiro atoms. The highest BCUT2D eigenvalue weighted by Gasteiger charge is 2.20. The van der Waals surface area contributed by atoms with Crippen molar-refractivity contribution in [2.24, 2.45) is 0 Å². The number of carbonyl (C=O) groups excluding carboxylic acids is 1. The van der Waals surface area contributed by atoms with Crippen LogP contribution in [-0.4, -0.2) is 27.5 Å². The van der Waals surface area contributed by atoms with Gasteiger partial charge in [0.2, 0.25) is 0 Å². The van der Waals surface area contributed by atoms with Gasteiger partial charge in [0.05, 0.1) is 18.1 Å². The van der Waals surface area contributed by atoms with Crippen molar-refractivity contribution in [1.82, 2.24) is 4.72 Å². The van der Waals surface area contributed by atoms with Gasteiger partial charge in [-0.25, -0.2) is 13.1 Å². The van der Waals surface area contributed by atoms with E-state index in [4.69, 9.17) is 9.47 Å². The summed E-state index contributed by atoms with van der Waals surface area (Å²) in [6, 6.07) is 29.4. The summed E-state index contributed by atoms with van der Waals surface area (Å²) >= 11 is 0. The summed E-state index contributed by atoms with van der Waals surface area (Å²) in [6.07, 6.45) is 2.91. The van der Waals surface area contributed by atoms with Crippen LogP contribution in [0, 0.1) is 6.92 Å². The monoisotopic (exact) mass is 543 g/mol. The molecule has 0 aliphatic heterocycles. The molecule has 0 aromatic heterocycles. The lowest BCUT2D eigenvalue weighted by Crippen LogP contribution is -2.31. The normalized spacial score (nSPS) is 12.0. The summed E-state index contributed by atoms with van der Waals surface area (Å²) in [5, 5.41) is 0. The van der Waals surface area contributed by atoms with E-state index in [1.54, 1.807) is 56.5 Å². The molecule has 6 nitrogen and oxygen atoms in total. The molecule has 4 aromatic rings. The molecule has 0 fully saturated rings. The fourth-order valence-electron chi connectivity index (χ4n) is 4.37. The molecule has 1 atom stereocenters. The first-order valence-electron chi connectivity index (χ1n) is 12.9. The Kier molecular flexibility index (Phi) is 9.04. The minimum atomic E-state index is -3.98. The van der Waals surface area contributed by atoms with Gasteiger partial charge in [0, 0.05) is 5.56 Å². The van der Waals surface area contributed by atoms with Crippen LogP contribution in [0.25, 0.3) is 11.1 Å². The molecule has 0 aliphatic carbocycles. The maximum Gasteiger partial charge on any atom is 0.264 e. The number of carbonyl (C=O) groups is 1. The van der Waals surface area contributed by atoms with Crippen molar-refractivity contribution < 1.29 is 22.7 Å². The third-order valence-electron chi connectivity index (χ3n) is 6.50. The number of sulfonamides is 1. The van der Waals surface area contributed by atoms with Crippen LogP contribution in [0.4, 0.5) is 0 Å². The highest BCUT2D eigenvalue weighted by Crippen LogP contribution is 2.34. The largest absolute Gasteiger partial charge is 0.493 e. The molecule has 0 radical (unpaired) electrons. The Morgan fingerprint density at radius 2 is 1.51 bits per heavy atom. The molecule has 7 heteroatoms. The molecule has 39 heavy (non-hydrogen) atoms. The predicted molar refractivity (Wildman–Crippen MR) is 154 cm³/mol. The fraction of sp³-hybridized carbons (Fsp3) is 0.219. The van der Waals surface area contributed by atoms with Gasteiger partial charge in [0.15, 0.2) is 11.5 Å². The summed E-state index contributed by atoms with van der Waals surface area (Å²) in [6.45, 7) is 3.74. The maximum atomic E-state index is 12.7. The van der Waals surface area contributed by atoms with Crippen molar-refractivity contribution >= 4 is 15.9 Å². The van der Waals surface area contributed by atoms with Crippen LogP contribution in [0.3, 0.4) is 0 Å². The maximum absolute atomic E-state index is 12.7. The number of hydrogen-bond acceptors (Lipinski definition) is 5. The second-order valence-corrected chi connectivity index (χ2v) is 11.1. The summed E-state index contributed by atoms with van der Waals surface area (Å²) in [7, 11) is -2.37. The van der Waals surface area contributed by atoms with Crippen LogP contribution >= 0.6 is 0 Å². The molecule has 0 aliphatic rings. The summed E-state index contributed by atoms with van der Waals surface area (Å²) < 4.78 is 39.3. The van der Waals surface area contributed by atoms with Crippen LogP contribution in [0.5, 0.6) is 11.5 Å². The first-order chi connectivity index (χ1) is 18.8. The van der Waals surface area contributed by atoms with E-state index in [1.807, 2.05) is 24.3 Å². The van der Waals surface area contributed by atoms with Gasteiger partial charge < -0.3 is 9.47 Å². The van der Waals surface area contributed by atoms with E-state index >= 15 is 0 Å². The third kappa shape index (κ3) is 7.27. The molecule has 1 N–H and O–H groups in total. The Morgan fingerprint density at radius 1 is 0.846 bits per heavy atom. The Morgan fingerprint density at radius 3 is 2.21 bits per heavy atom. The van der Waals surface area contributed by atoms with E-state index in [1.165, 1.54) is 11.6 Å². The number of benzene rings is 4. The number of amides is 1. The molecule has 4 aromatic carbocycles. The second kappa shape index (κ2) is 12.6. The molecule has 4 rings (SSSR count). The third-order valence-corrected chi connectivity index (χ3v) is 7.99. The Hall–Kier alpha value is -4.10. The van der Waals surface area contributed by atoms with Crippen LogP contribution in [0.2, 0.25) is 0 Å². The van der Waals surface area contributed by atoms with Gasteiger partial charge in [-0.05, 0) is 85.7 Å². The lowest BCUT2D eigenvalue weighted by atomic mass is 10.0. The minimum Gasteiger partial charge on any atom is -0.493 e. The highest BCUT2D eigenvalue weighted by molar-refractivity contribution is 7.90. The minimum absolute atomic E-state index is 0.000801. The van der Waals surface area contributed by atoms with E-state index in [-0.39, 0.29) is 16.6 Å². The zero-order valence-electron chi connectivity index (χ0n) is 22.4. The predicted octanol–water partition coefficient (Wildman–Crippen LogP) is 6.58. The van der Waals surface area contributed by atoms with Crippen molar-refractivity contribution in [3.05, 3.63) is 114 Å². The van der Waals surface area contributed by atoms with Crippen LogP contribution in [-0.2, 0) is 16.4 Å². The number of rotatable bonds is 11. The zero-order valence-corrected chi connectivity index (χ0v) is 23.2. The van der Waals surface area contributed by atoms with Crippen LogP contribution < -0.4 is 14.2 Å². The lowest BCUT2D eigenvalue weighted by molar-refractivity contribution is 0.0981. The molecule has 202 valence electrons. The van der Waals surface area contributed by atoms with E-state index in [0.717, 1.165) is 30.4 Å². The molecule has 1 amide bonds. The van der Waals surface area contributed by atoms with Crippen molar-refractivity contribution in [3.8, 4) is 22.6 Å². The number of aryl methyl sites for hydroxylation is 2. The standard InChI is InChI=1S/C32H33NO5S/c1-23-10-7-8-15-31(23)39(35,36)33-32(34)27-18-16-26(17-19-27)28-20-21-29(37-3)30(22-28)38-24(2)11-9-14-25-12-5-4-6-13-25/h4-8,10,12-13,15-22,24H,9,11,14H2,1-3H3,(H,33,34). The number of nitrogens with one attached hydrogen (secondary N) is 1. The molecule has 0 saturated carbocycles. The SMILES string of the molecule is COc1ccc(-c2ccc(C(=O)NS(=O)(=O)c3ccccc3C)cc2)cc1OC(C)CCCc1ccccc1. The Balaban J connectivity index is 1.43.